The van der Waals surface area contributed by atoms with Crippen LogP contribution in [0.15, 0.2) is 23.3 Å². The highest BCUT2D eigenvalue weighted by Crippen LogP contribution is 2.30. The standard InChI is InChI=1S/C16H21N7O2/c1-3-17-14-20-15(18-4-2)22-16(21-14)23-19-10-11-5-6-12-13(9-11)25-8-7-24-12/h5-6,9-10H,3-4,7-8H2,1-2H3,(H3,17,18,20,21,22,23)/b19-10+. The number of hydrazone groups is 1. The molecule has 0 unspecified atom stereocenters. The molecule has 1 aliphatic rings. The van der Waals surface area contributed by atoms with Crippen LogP contribution in [0.4, 0.5) is 17.8 Å². The van der Waals surface area contributed by atoms with Crippen LogP contribution in [0.25, 0.3) is 0 Å². The Balaban J connectivity index is 1.70. The first-order chi connectivity index (χ1) is 12.3. The summed E-state index contributed by atoms with van der Waals surface area (Å²) >= 11 is 0. The van der Waals surface area contributed by atoms with Crippen LogP contribution in [-0.2, 0) is 0 Å². The van der Waals surface area contributed by atoms with Crippen LogP contribution in [-0.4, -0.2) is 47.5 Å². The van der Waals surface area contributed by atoms with Gasteiger partial charge in [-0.2, -0.15) is 20.1 Å². The van der Waals surface area contributed by atoms with Gasteiger partial charge in [-0.1, -0.05) is 0 Å². The van der Waals surface area contributed by atoms with Crippen molar-refractivity contribution in [3.63, 3.8) is 0 Å². The third-order valence-corrected chi connectivity index (χ3v) is 3.25. The number of hydrogen-bond acceptors (Lipinski definition) is 9. The molecule has 0 saturated carbocycles. The summed E-state index contributed by atoms with van der Waals surface area (Å²) in [6, 6.07) is 5.65. The van der Waals surface area contributed by atoms with Crippen molar-refractivity contribution < 1.29 is 9.47 Å². The highest BCUT2D eigenvalue weighted by atomic mass is 16.6. The topological polar surface area (TPSA) is 106 Å². The Morgan fingerprint density at radius 3 is 2.28 bits per heavy atom. The van der Waals surface area contributed by atoms with Gasteiger partial charge in [-0.3, -0.25) is 0 Å². The summed E-state index contributed by atoms with van der Waals surface area (Å²) in [7, 11) is 0. The number of anilines is 3. The van der Waals surface area contributed by atoms with Crippen molar-refractivity contribution >= 4 is 24.1 Å². The number of nitrogens with zero attached hydrogens (tertiary/aromatic N) is 4. The fraction of sp³-hybridized carbons (Fsp3) is 0.375. The molecule has 132 valence electrons. The molecule has 2 heterocycles. The molecule has 0 bridgehead atoms. The van der Waals surface area contributed by atoms with Gasteiger partial charge in [0.1, 0.15) is 13.2 Å². The van der Waals surface area contributed by atoms with Gasteiger partial charge in [0.15, 0.2) is 11.5 Å². The average molecular weight is 343 g/mol. The van der Waals surface area contributed by atoms with Crippen LogP contribution in [0.5, 0.6) is 11.5 Å². The van der Waals surface area contributed by atoms with Crippen molar-refractivity contribution in [3.8, 4) is 11.5 Å². The first kappa shape index (κ1) is 16.7. The third kappa shape index (κ3) is 4.46. The third-order valence-electron chi connectivity index (χ3n) is 3.25. The maximum atomic E-state index is 5.56. The predicted octanol–water partition coefficient (Wildman–Crippen LogP) is 1.95. The van der Waals surface area contributed by atoms with Gasteiger partial charge < -0.3 is 20.1 Å². The Labute approximate surface area is 145 Å². The molecular formula is C16H21N7O2. The molecule has 2 aromatic rings. The summed E-state index contributed by atoms with van der Waals surface area (Å²) in [6.07, 6.45) is 1.67. The molecule has 25 heavy (non-hydrogen) atoms. The zero-order valence-electron chi connectivity index (χ0n) is 14.2. The van der Waals surface area contributed by atoms with Gasteiger partial charge in [0.25, 0.3) is 0 Å². The minimum Gasteiger partial charge on any atom is -0.486 e. The molecule has 3 rings (SSSR count). The Bertz CT molecular complexity index is 727. The van der Waals surface area contributed by atoms with Crippen molar-refractivity contribution in [2.24, 2.45) is 5.10 Å². The van der Waals surface area contributed by atoms with E-state index < -0.39 is 0 Å². The molecule has 9 heteroatoms. The number of aromatic nitrogens is 3. The zero-order valence-corrected chi connectivity index (χ0v) is 14.2. The van der Waals surface area contributed by atoms with E-state index in [0.29, 0.717) is 31.1 Å². The van der Waals surface area contributed by atoms with E-state index in [0.717, 1.165) is 30.2 Å². The van der Waals surface area contributed by atoms with Gasteiger partial charge in [-0.25, -0.2) is 5.43 Å². The molecule has 1 aromatic carbocycles. The van der Waals surface area contributed by atoms with Crippen molar-refractivity contribution in [3.05, 3.63) is 23.8 Å². The Morgan fingerprint density at radius 1 is 0.960 bits per heavy atom. The molecular weight excluding hydrogens is 322 g/mol. The lowest BCUT2D eigenvalue weighted by atomic mass is 10.2. The molecule has 0 aliphatic carbocycles. The van der Waals surface area contributed by atoms with E-state index in [2.05, 4.69) is 36.1 Å². The number of nitrogens with one attached hydrogen (secondary N) is 3. The fourth-order valence-electron chi connectivity index (χ4n) is 2.21. The highest BCUT2D eigenvalue weighted by Gasteiger charge is 2.11. The second-order valence-electron chi connectivity index (χ2n) is 5.14. The summed E-state index contributed by atoms with van der Waals surface area (Å²) in [6.45, 7) is 6.51. The second-order valence-corrected chi connectivity index (χ2v) is 5.14. The van der Waals surface area contributed by atoms with E-state index in [4.69, 9.17) is 9.47 Å². The summed E-state index contributed by atoms with van der Waals surface area (Å²) in [5.41, 5.74) is 3.71. The van der Waals surface area contributed by atoms with Crippen LogP contribution < -0.4 is 25.5 Å². The van der Waals surface area contributed by atoms with Gasteiger partial charge in [-0.15, -0.1) is 0 Å². The first-order valence-corrected chi connectivity index (χ1v) is 8.21. The molecule has 9 nitrogen and oxygen atoms in total. The van der Waals surface area contributed by atoms with Crippen LogP contribution >= 0.6 is 0 Å². The van der Waals surface area contributed by atoms with Gasteiger partial charge in [0.05, 0.1) is 6.21 Å². The number of benzene rings is 1. The number of hydrogen-bond donors (Lipinski definition) is 3. The maximum absolute atomic E-state index is 5.56. The molecule has 1 aliphatic heterocycles. The normalized spacial score (nSPS) is 12.9. The van der Waals surface area contributed by atoms with E-state index in [1.54, 1.807) is 6.21 Å². The number of rotatable bonds is 7. The Hall–Kier alpha value is -3.10. The summed E-state index contributed by atoms with van der Waals surface area (Å²) in [5, 5.41) is 10.3. The van der Waals surface area contributed by atoms with Crippen LogP contribution in [0.2, 0.25) is 0 Å². The largest absolute Gasteiger partial charge is 0.486 e. The van der Waals surface area contributed by atoms with Crippen LogP contribution in [0.3, 0.4) is 0 Å². The van der Waals surface area contributed by atoms with E-state index in [1.165, 1.54) is 0 Å². The zero-order chi connectivity index (χ0) is 17.5. The van der Waals surface area contributed by atoms with Gasteiger partial charge in [0.2, 0.25) is 17.8 Å². The maximum Gasteiger partial charge on any atom is 0.250 e. The quantitative estimate of drug-likeness (QED) is 0.517. The minimum absolute atomic E-state index is 0.357. The van der Waals surface area contributed by atoms with E-state index >= 15 is 0 Å². The molecule has 0 saturated heterocycles. The molecule has 3 N–H and O–H groups in total. The lowest BCUT2D eigenvalue weighted by Gasteiger charge is -2.18. The van der Waals surface area contributed by atoms with Crippen molar-refractivity contribution in [1.82, 2.24) is 15.0 Å². The monoisotopic (exact) mass is 343 g/mol. The number of fused-ring (bicyclic) bond motifs is 1. The van der Waals surface area contributed by atoms with Crippen molar-refractivity contribution in [2.75, 3.05) is 42.4 Å². The van der Waals surface area contributed by atoms with Crippen molar-refractivity contribution in [2.45, 2.75) is 13.8 Å². The molecule has 1 aromatic heterocycles. The average Bonchev–Trinajstić information content (AvgIpc) is 2.62. The number of ether oxygens (including phenoxy) is 2. The molecule has 0 fully saturated rings. The van der Waals surface area contributed by atoms with Gasteiger partial charge >= 0.3 is 0 Å². The first-order valence-electron chi connectivity index (χ1n) is 8.21. The SMILES string of the molecule is CCNc1nc(NCC)nc(N/N=C/c2ccc3c(c2)OCCO3)n1. The van der Waals surface area contributed by atoms with E-state index in [9.17, 15) is 0 Å². The molecule has 0 radical (unpaired) electrons. The smallest absolute Gasteiger partial charge is 0.250 e. The minimum atomic E-state index is 0.357. The fourth-order valence-corrected chi connectivity index (χ4v) is 2.21. The Morgan fingerprint density at radius 2 is 1.60 bits per heavy atom. The highest BCUT2D eigenvalue weighted by molar-refractivity contribution is 5.81. The van der Waals surface area contributed by atoms with E-state index in [-0.39, 0.29) is 0 Å². The molecule has 0 spiro atoms. The lowest BCUT2D eigenvalue weighted by molar-refractivity contribution is 0.171. The van der Waals surface area contributed by atoms with Crippen LogP contribution in [0.1, 0.15) is 19.4 Å². The summed E-state index contributed by atoms with van der Waals surface area (Å²) < 4.78 is 11.1. The van der Waals surface area contributed by atoms with Gasteiger partial charge in [-0.05, 0) is 37.6 Å². The molecule has 0 amide bonds. The Kier molecular flexibility index (Phi) is 5.45. The molecule has 0 atom stereocenters. The summed E-state index contributed by atoms with van der Waals surface area (Å²) in [5.74, 6) is 2.81. The predicted molar refractivity (Wildman–Crippen MR) is 96.8 cm³/mol. The van der Waals surface area contributed by atoms with Crippen molar-refractivity contribution in [1.29, 1.82) is 0 Å². The summed E-state index contributed by atoms with van der Waals surface area (Å²) in [4.78, 5) is 12.8. The van der Waals surface area contributed by atoms with Crippen LogP contribution in [0, 0.1) is 0 Å². The van der Waals surface area contributed by atoms with Gasteiger partial charge in [0, 0.05) is 13.1 Å². The second kappa shape index (κ2) is 8.13. The lowest BCUT2D eigenvalue weighted by Crippen LogP contribution is -2.15. The van der Waals surface area contributed by atoms with E-state index in [1.807, 2.05) is 32.0 Å².